The Kier molecular flexibility index (Phi) is 4.48. The summed E-state index contributed by atoms with van der Waals surface area (Å²) < 4.78 is 18.1. The second-order valence-electron chi connectivity index (χ2n) is 7.11. The smallest absolute Gasteiger partial charge is 0.332 e. The molecule has 3 aromatic rings. The SMILES string of the molecule is CC1=NN(CCNc2ccccc2F)c2nc3c(c(=O)n(C)c(=O)n3C)n2[C@@H]1C. The van der Waals surface area contributed by atoms with Gasteiger partial charge in [-0.2, -0.15) is 10.1 Å². The van der Waals surface area contributed by atoms with Crippen LogP contribution in [0.4, 0.5) is 16.0 Å². The molecule has 1 aliphatic rings. The number of fused-ring (bicyclic) bond motifs is 3. The normalized spacial score (nSPS) is 16.1. The summed E-state index contributed by atoms with van der Waals surface area (Å²) in [5.41, 5.74) is 1.06. The van der Waals surface area contributed by atoms with E-state index in [1.54, 1.807) is 30.3 Å². The van der Waals surface area contributed by atoms with Crippen LogP contribution in [0.15, 0.2) is 39.0 Å². The highest BCUT2D eigenvalue weighted by molar-refractivity contribution is 5.91. The average Bonchev–Trinajstić information content (AvgIpc) is 3.11. The molecule has 0 amide bonds. The number of para-hydroxylation sites is 1. The van der Waals surface area contributed by atoms with Crippen LogP contribution < -0.4 is 21.6 Å². The fourth-order valence-electron chi connectivity index (χ4n) is 3.51. The van der Waals surface area contributed by atoms with E-state index in [4.69, 9.17) is 0 Å². The first kappa shape index (κ1) is 18.9. The predicted molar refractivity (Wildman–Crippen MR) is 110 cm³/mol. The standard InChI is InChI=1S/C19H22FN7O2/c1-11-12(2)27-15-16(24(3)19(29)25(4)17(15)28)22-18(27)26(23-11)10-9-21-14-8-6-5-7-13(14)20/h5-8,12,21H,9-10H2,1-4H3/t12-/m1/s1. The monoisotopic (exact) mass is 399 g/mol. The Morgan fingerprint density at radius 1 is 1.17 bits per heavy atom. The molecule has 9 nitrogen and oxygen atoms in total. The van der Waals surface area contributed by atoms with Gasteiger partial charge in [0.25, 0.3) is 5.56 Å². The van der Waals surface area contributed by atoms with Gasteiger partial charge in [0.05, 0.1) is 24.0 Å². The van der Waals surface area contributed by atoms with Crippen molar-refractivity contribution in [1.82, 2.24) is 18.7 Å². The number of nitrogens with one attached hydrogen (secondary N) is 1. The molecular formula is C19H22FN7O2. The molecule has 0 saturated carbocycles. The van der Waals surface area contributed by atoms with Gasteiger partial charge in [0.2, 0.25) is 5.95 Å². The van der Waals surface area contributed by atoms with Crippen molar-refractivity contribution in [2.45, 2.75) is 19.9 Å². The van der Waals surface area contributed by atoms with E-state index < -0.39 is 11.2 Å². The summed E-state index contributed by atoms with van der Waals surface area (Å²) in [6.45, 7) is 4.62. The zero-order valence-corrected chi connectivity index (χ0v) is 16.7. The number of hydrazone groups is 1. The lowest BCUT2D eigenvalue weighted by atomic mass is 10.2. The van der Waals surface area contributed by atoms with Crippen LogP contribution in [0.1, 0.15) is 19.9 Å². The summed E-state index contributed by atoms with van der Waals surface area (Å²) in [5, 5.41) is 9.32. The molecule has 0 saturated heterocycles. The van der Waals surface area contributed by atoms with Gasteiger partial charge in [-0.1, -0.05) is 12.1 Å². The zero-order chi connectivity index (χ0) is 20.9. The fourth-order valence-corrected chi connectivity index (χ4v) is 3.51. The van der Waals surface area contributed by atoms with Crippen molar-refractivity contribution >= 4 is 28.5 Å². The van der Waals surface area contributed by atoms with Gasteiger partial charge in [-0.3, -0.25) is 18.5 Å². The number of halogens is 1. The summed E-state index contributed by atoms with van der Waals surface area (Å²) in [7, 11) is 3.04. The van der Waals surface area contributed by atoms with Crippen molar-refractivity contribution in [3.05, 3.63) is 50.9 Å². The number of rotatable bonds is 4. The lowest BCUT2D eigenvalue weighted by Crippen LogP contribution is -2.39. The Labute approximate surface area is 165 Å². The van der Waals surface area contributed by atoms with Crippen LogP contribution >= 0.6 is 0 Å². The van der Waals surface area contributed by atoms with Gasteiger partial charge in [0.1, 0.15) is 5.82 Å². The van der Waals surface area contributed by atoms with E-state index in [0.717, 1.165) is 10.3 Å². The number of anilines is 2. The summed E-state index contributed by atoms with van der Waals surface area (Å²) in [5.74, 6) is 0.150. The summed E-state index contributed by atoms with van der Waals surface area (Å²) in [6, 6.07) is 6.26. The molecule has 0 bridgehead atoms. The van der Waals surface area contributed by atoms with E-state index in [1.165, 1.54) is 17.7 Å². The second-order valence-corrected chi connectivity index (χ2v) is 7.11. The largest absolute Gasteiger partial charge is 0.381 e. The maximum Gasteiger partial charge on any atom is 0.332 e. The highest BCUT2D eigenvalue weighted by atomic mass is 19.1. The maximum atomic E-state index is 13.8. The Hall–Kier alpha value is -3.43. The van der Waals surface area contributed by atoms with Crippen LogP contribution in [-0.4, -0.2) is 37.5 Å². The maximum absolute atomic E-state index is 13.8. The third-order valence-electron chi connectivity index (χ3n) is 5.29. The van der Waals surface area contributed by atoms with Gasteiger partial charge < -0.3 is 5.32 Å². The van der Waals surface area contributed by atoms with Crippen molar-refractivity contribution in [2.75, 3.05) is 23.4 Å². The van der Waals surface area contributed by atoms with Crippen molar-refractivity contribution < 1.29 is 4.39 Å². The lowest BCUT2D eigenvalue weighted by molar-refractivity contribution is 0.626. The first-order chi connectivity index (χ1) is 13.8. The molecule has 4 rings (SSSR count). The topological polar surface area (TPSA) is 89.5 Å². The molecule has 1 N–H and O–H groups in total. The Balaban J connectivity index is 1.74. The molecule has 0 aliphatic carbocycles. The van der Waals surface area contributed by atoms with Gasteiger partial charge in [-0.25, -0.2) is 14.2 Å². The molecule has 0 unspecified atom stereocenters. The van der Waals surface area contributed by atoms with Gasteiger partial charge >= 0.3 is 5.69 Å². The summed E-state index contributed by atoms with van der Waals surface area (Å²) >= 11 is 0. The van der Waals surface area contributed by atoms with E-state index in [1.807, 2.05) is 18.4 Å². The molecule has 1 atom stereocenters. The minimum absolute atomic E-state index is 0.184. The number of hydrogen-bond acceptors (Lipinski definition) is 6. The average molecular weight is 399 g/mol. The van der Waals surface area contributed by atoms with Crippen molar-refractivity contribution in [2.24, 2.45) is 19.2 Å². The van der Waals surface area contributed by atoms with Crippen LogP contribution in [0.5, 0.6) is 0 Å². The van der Waals surface area contributed by atoms with E-state index in [9.17, 15) is 14.0 Å². The quantitative estimate of drug-likeness (QED) is 0.717. The minimum atomic E-state index is -0.434. The highest BCUT2D eigenvalue weighted by Crippen LogP contribution is 2.29. The number of aryl methyl sites for hydroxylation is 1. The van der Waals surface area contributed by atoms with E-state index in [-0.39, 0.29) is 11.9 Å². The molecule has 152 valence electrons. The van der Waals surface area contributed by atoms with Gasteiger partial charge in [-0.05, 0) is 26.0 Å². The molecule has 3 heterocycles. The first-order valence-electron chi connectivity index (χ1n) is 9.30. The van der Waals surface area contributed by atoms with Crippen molar-refractivity contribution in [3.63, 3.8) is 0 Å². The minimum Gasteiger partial charge on any atom is -0.381 e. The summed E-state index contributed by atoms with van der Waals surface area (Å²) in [6.07, 6.45) is 0. The van der Waals surface area contributed by atoms with Gasteiger partial charge in [0.15, 0.2) is 11.2 Å². The van der Waals surface area contributed by atoms with Crippen LogP contribution in [0, 0.1) is 5.82 Å². The number of nitrogens with zero attached hydrogens (tertiary/aromatic N) is 6. The van der Waals surface area contributed by atoms with Crippen LogP contribution in [0.3, 0.4) is 0 Å². The Morgan fingerprint density at radius 3 is 2.62 bits per heavy atom. The van der Waals surface area contributed by atoms with Crippen molar-refractivity contribution in [1.29, 1.82) is 0 Å². The molecule has 2 aromatic heterocycles. The molecule has 0 radical (unpaired) electrons. The Morgan fingerprint density at radius 2 is 1.90 bits per heavy atom. The van der Waals surface area contributed by atoms with E-state index in [2.05, 4.69) is 15.4 Å². The van der Waals surface area contributed by atoms with Gasteiger partial charge in [0, 0.05) is 20.6 Å². The Bertz CT molecular complexity index is 1250. The van der Waals surface area contributed by atoms with Crippen LogP contribution in [-0.2, 0) is 14.1 Å². The number of aromatic nitrogens is 4. The summed E-state index contributed by atoms with van der Waals surface area (Å²) in [4.78, 5) is 29.7. The predicted octanol–water partition coefficient (Wildman–Crippen LogP) is 1.44. The molecule has 0 spiro atoms. The van der Waals surface area contributed by atoms with Gasteiger partial charge in [-0.15, -0.1) is 0 Å². The van der Waals surface area contributed by atoms with Crippen LogP contribution in [0.2, 0.25) is 0 Å². The molecule has 10 heteroatoms. The molecule has 29 heavy (non-hydrogen) atoms. The van der Waals surface area contributed by atoms with Crippen molar-refractivity contribution in [3.8, 4) is 0 Å². The molecule has 1 aliphatic heterocycles. The molecular weight excluding hydrogens is 377 g/mol. The van der Waals surface area contributed by atoms with Crippen LogP contribution in [0.25, 0.3) is 11.2 Å². The molecule has 1 aromatic carbocycles. The van der Waals surface area contributed by atoms with E-state index in [0.29, 0.717) is 35.9 Å². The number of imidazole rings is 1. The van der Waals surface area contributed by atoms with E-state index >= 15 is 0 Å². The molecule has 0 fully saturated rings. The number of benzene rings is 1. The first-order valence-corrected chi connectivity index (χ1v) is 9.30. The second kappa shape index (κ2) is 6.87. The zero-order valence-electron chi connectivity index (χ0n) is 16.7. The lowest BCUT2D eigenvalue weighted by Gasteiger charge is -2.29. The fraction of sp³-hybridized carbons (Fsp3) is 0.368. The third kappa shape index (κ3) is 2.91. The highest BCUT2D eigenvalue weighted by Gasteiger charge is 2.30. The number of hydrogen-bond donors (Lipinski definition) is 1. The third-order valence-corrected chi connectivity index (χ3v) is 5.29.